The van der Waals surface area contributed by atoms with Crippen LogP contribution >= 0.6 is 11.6 Å². The summed E-state index contributed by atoms with van der Waals surface area (Å²) in [6.07, 6.45) is 3.63. The van der Waals surface area contributed by atoms with E-state index in [0.29, 0.717) is 11.4 Å². The average Bonchev–Trinajstić information content (AvgIpc) is 2.48. The Labute approximate surface area is 125 Å². The maximum Gasteiger partial charge on any atom is 0.168 e. The minimum Gasteiger partial charge on any atom is -0.450 e. The fraction of sp³-hybridized carbons (Fsp3) is 0.0769. The Balaban J connectivity index is 2.34. The van der Waals surface area contributed by atoms with Crippen molar-refractivity contribution in [2.24, 2.45) is 5.73 Å². The maximum atomic E-state index is 12.9. The van der Waals surface area contributed by atoms with Crippen molar-refractivity contribution in [1.82, 2.24) is 9.97 Å². The maximum absolute atomic E-state index is 12.9. The molecule has 2 heterocycles. The number of nitrogens with zero attached hydrogens (tertiary/aromatic N) is 2. The SMILES string of the molecule is CNc1c(N)ncc(O/C(=C/N)c2ccc(F)cn2)c1Cl. The smallest absolute Gasteiger partial charge is 0.168 e. The normalized spacial score (nSPS) is 11.3. The monoisotopic (exact) mass is 309 g/mol. The van der Waals surface area contributed by atoms with Crippen molar-refractivity contribution in [3.63, 3.8) is 0 Å². The Hall–Kier alpha value is -2.54. The summed E-state index contributed by atoms with van der Waals surface area (Å²) in [7, 11) is 1.66. The van der Waals surface area contributed by atoms with E-state index in [2.05, 4.69) is 15.3 Å². The van der Waals surface area contributed by atoms with Crippen molar-refractivity contribution in [2.75, 3.05) is 18.1 Å². The summed E-state index contributed by atoms with van der Waals surface area (Å²) in [5, 5.41) is 3.08. The van der Waals surface area contributed by atoms with Crippen molar-refractivity contribution < 1.29 is 9.13 Å². The van der Waals surface area contributed by atoms with E-state index < -0.39 is 5.82 Å². The molecule has 0 amide bonds. The minimum atomic E-state index is -0.459. The zero-order valence-corrected chi connectivity index (χ0v) is 11.9. The number of anilines is 2. The Bertz CT molecular complexity index is 675. The lowest BCUT2D eigenvalue weighted by Crippen LogP contribution is -2.04. The molecule has 2 rings (SSSR count). The first-order valence-corrected chi connectivity index (χ1v) is 6.28. The van der Waals surface area contributed by atoms with Gasteiger partial charge in [-0.05, 0) is 12.1 Å². The summed E-state index contributed by atoms with van der Waals surface area (Å²) in [4.78, 5) is 7.85. The molecule has 0 aromatic carbocycles. The molecule has 0 aliphatic heterocycles. The molecular formula is C13H13ClFN5O. The molecule has 0 spiro atoms. The molecule has 21 heavy (non-hydrogen) atoms. The van der Waals surface area contributed by atoms with Gasteiger partial charge in [-0.2, -0.15) is 0 Å². The number of hydrogen-bond acceptors (Lipinski definition) is 6. The highest BCUT2D eigenvalue weighted by Gasteiger charge is 2.14. The zero-order valence-electron chi connectivity index (χ0n) is 11.1. The van der Waals surface area contributed by atoms with Crippen LogP contribution in [0.5, 0.6) is 5.75 Å². The predicted molar refractivity (Wildman–Crippen MR) is 80.2 cm³/mol. The first-order chi connectivity index (χ1) is 10.1. The number of pyridine rings is 2. The molecule has 110 valence electrons. The lowest BCUT2D eigenvalue weighted by molar-refractivity contribution is 0.508. The third kappa shape index (κ3) is 3.14. The molecule has 0 aliphatic rings. The molecule has 0 radical (unpaired) electrons. The number of nitrogens with one attached hydrogen (secondary N) is 1. The quantitative estimate of drug-likeness (QED) is 0.749. The molecule has 0 saturated carbocycles. The molecular weight excluding hydrogens is 297 g/mol. The van der Waals surface area contributed by atoms with Crippen LogP contribution in [0.2, 0.25) is 5.02 Å². The molecule has 0 aliphatic carbocycles. The van der Waals surface area contributed by atoms with Gasteiger partial charge >= 0.3 is 0 Å². The second kappa shape index (κ2) is 6.27. The summed E-state index contributed by atoms with van der Waals surface area (Å²) in [6.45, 7) is 0. The van der Waals surface area contributed by atoms with Gasteiger partial charge in [0, 0.05) is 13.2 Å². The van der Waals surface area contributed by atoms with E-state index in [-0.39, 0.29) is 22.3 Å². The van der Waals surface area contributed by atoms with Crippen molar-refractivity contribution in [3.8, 4) is 5.75 Å². The van der Waals surface area contributed by atoms with Crippen molar-refractivity contribution >= 4 is 28.9 Å². The summed E-state index contributed by atoms with van der Waals surface area (Å²) < 4.78 is 18.5. The molecule has 2 aromatic rings. The van der Waals surface area contributed by atoms with Crippen molar-refractivity contribution in [1.29, 1.82) is 0 Å². The van der Waals surface area contributed by atoms with Gasteiger partial charge < -0.3 is 21.5 Å². The van der Waals surface area contributed by atoms with Crippen molar-refractivity contribution in [2.45, 2.75) is 0 Å². The molecule has 0 fully saturated rings. The number of hydrogen-bond donors (Lipinski definition) is 3. The van der Waals surface area contributed by atoms with E-state index in [1.807, 2.05) is 0 Å². The highest BCUT2D eigenvalue weighted by atomic mass is 35.5. The number of rotatable bonds is 4. The fourth-order valence-electron chi connectivity index (χ4n) is 1.61. The molecule has 0 atom stereocenters. The molecule has 0 unspecified atom stereocenters. The van der Waals surface area contributed by atoms with Crippen molar-refractivity contribution in [3.05, 3.63) is 47.3 Å². The van der Waals surface area contributed by atoms with Crippen LogP contribution in [-0.4, -0.2) is 17.0 Å². The Kier molecular flexibility index (Phi) is 4.44. The van der Waals surface area contributed by atoms with Crippen LogP contribution < -0.4 is 21.5 Å². The van der Waals surface area contributed by atoms with E-state index >= 15 is 0 Å². The average molecular weight is 310 g/mol. The topological polar surface area (TPSA) is 99.1 Å². The Morgan fingerprint density at radius 3 is 2.71 bits per heavy atom. The summed E-state index contributed by atoms with van der Waals surface area (Å²) >= 11 is 6.17. The lowest BCUT2D eigenvalue weighted by Gasteiger charge is -2.13. The van der Waals surface area contributed by atoms with Gasteiger partial charge in [-0.1, -0.05) is 11.6 Å². The van der Waals surface area contributed by atoms with Gasteiger partial charge in [0.1, 0.15) is 22.4 Å². The zero-order chi connectivity index (χ0) is 15.4. The van der Waals surface area contributed by atoms with Gasteiger partial charge in [-0.3, -0.25) is 0 Å². The second-order valence-electron chi connectivity index (χ2n) is 3.94. The summed E-state index contributed by atoms with van der Waals surface area (Å²) in [5.74, 6) is 0.247. The van der Waals surface area contributed by atoms with Gasteiger partial charge in [-0.25, -0.2) is 14.4 Å². The van der Waals surface area contributed by atoms with Crippen LogP contribution in [0.4, 0.5) is 15.9 Å². The number of aromatic nitrogens is 2. The number of nitrogen functional groups attached to an aromatic ring is 1. The standard InChI is InChI=1S/C13H13ClFN5O/c1-18-12-11(14)10(6-20-13(12)17)21-9(4-16)8-3-2-7(15)5-19-8/h2-6,18H,16H2,1H3,(H2,17,20)/b9-4+. The Morgan fingerprint density at radius 2 is 2.14 bits per heavy atom. The van der Waals surface area contributed by atoms with Gasteiger partial charge in [0.15, 0.2) is 11.5 Å². The number of ether oxygens (including phenoxy) is 1. The predicted octanol–water partition coefficient (Wildman–Crippen LogP) is 2.23. The summed E-state index contributed by atoms with van der Waals surface area (Å²) in [6, 6.07) is 2.68. The third-order valence-electron chi connectivity index (χ3n) is 2.61. The van der Waals surface area contributed by atoms with Crippen LogP contribution in [0.3, 0.4) is 0 Å². The van der Waals surface area contributed by atoms with Gasteiger partial charge in [0.2, 0.25) is 0 Å². The van der Waals surface area contributed by atoms with Crippen LogP contribution in [-0.2, 0) is 0 Å². The van der Waals surface area contributed by atoms with E-state index in [9.17, 15) is 4.39 Å². The fourth-order valence-corrected chi connectivity index (χ4v) is 1.88. The van der Waals surface area contributed by atoms with Crippen LogP contribution in [0.25, 0.3) is 5.76 Å². The first kappa shape index (κ1) is 14.9. The number of halogens is 2. The first-order valence-electron chi connectivity index (χ1n) is 5.90. The highest BCUT2D eigenvalue weighted by Crippen LogP contribution is 2.36. The van der Waals surface area contributed by atoms with E-state index in [1.54, 1.807) is 7.05 Å². The van der Waals surface area contributed by atoms with Crippen LogP contribution in [0, 0.1) is 5.82 Å². The third-order valence-corrected chi connectivity index (χ3v) is 2.99. The molecule has 6 nitrogen and oxygen atoms in total. The summed E-state index contributed by atoms with van der Waals surface area (Å²) in [5.41, 5.74) is 12.0. The van der Waals surface area contributed by atoms with Gasteiger partial charge in [0.05, 0.1) is 18.1 Å². The molecule has 5 N–H and O–H groups in total. The highest BCUT2D eigenvalue weighted by molar-refractivity contribution is 6.35. The minimum absolute atomic E-state index is 0.213. The molecule has 0 bridgehead atoms. The molecule has 8 heteroatoms. The van der Waals surface area contributed by atoms with E-state index in [4.69, 9.17) is 27.8 Å². The van der Waals surface area contributed by atoms with Gasteiger partial charge in [-0.15, -0.1) is 0 Å². The Morgan fingerprint density at radius 1 is 1.38 bits per heavy atom. The van der Waals surface area contributed by atoms with Crippen LogP contribution in [0.1, 0.15) is 5.69 Å². The largest absolute Gasteiger partial charge is 0.450 e. The lowest BCUT2D eigenvalue weighted by atomic mass is 10.3. The van der Waals surface area contributed by atoms with Crippen LogP contribution in [0.15, 0.2) is 30.7 Å². The molecule has 2 aromatic heterocycles. The van der Waals surface area contributed by atoms with E-state index in [0.717, 1.165) is 6.20 Å². The second-order valence-corrected chi connectivity index (χ2v) is 4.32. The van der Waals surface area contributed by atoms with Gasteiger partial charge in [0.25, 0.3) is 0 Å². The van der Waals surface area contributed by atoms with E-state index in [1.165, 1.54) is 24.5 Å². The molecule has 0 saturated heterocycles. The number of nitrogens with two attached hydrogens (primary N) is 2.